The number of hydrogen-bond acceptors (Lipinski definition) is 5. The molecule has 0 radical (unpaired) electrons. The third-order valence-electron chi connectivity index (χ3n) is 4.45. The van der Waals surface area contributed by atoms with Gasteiger partial charge in [-0.05, 0) is 47.2 Å². The fraction of sp³-hybridized carbons (Fsp3) is 0.750. The normalized spacial score (nSPS) is 19.0. The molecular weight excluding hydrogens is 280 g/mol. The highest BCUT2D eigenvalue weighted by Crippen LogP contribution is 2.14. The summed E-state index contributed by atoms with van der Waals surface area (Å²) in [5.41, 5.74) is 2.12. The minimum atomic E-state index is 0.123. The average Bonchev–Trinajstić information content (AvgIpc) is 3.04. The van der Waals surface area contributed by atoms with Crippen molar-refractivity contribution in [3.8, 4) is 0 Å². The number of nitrogens with one attached hydrogen (secondary N) is 1. The Kier molecular flexibility index (Phi) is 5.97. The van der Waals surface area contributed by atoms with Crippen LogP contribution in [0, 0.1) is 13.8 Å². The van der Waals surface area contributed by atoms with Crippen molar-refractivity contribution in [2.24, 2.45) is 0 Å². The van der Waals surface area contributed by atoms with Gasteiger partial charge < -0.3 is 14.7 Å². The Morgan fingerprint density at radius 3 is 2.82 bits per heavy atom. The number of aryl methyl sites for hydroxylation is 2. The Morgan fingerprint density at radius 1 is 1.45 bits per heavy atom. The summed E-state index contributed by atoms with van der Waals surface area (Å²) in [7, 11) is 4.20. The Bertz CT molecular complexity index is 479. The van der Waals surface area contributed by atoms with Gasteiger partial charge in [0.1, 0.15) is 5.76 Å². The van der Waals surface area contributed by atoms with Crippen LogP contribution >= 0.6 is 0 Å². The van der Waals surface area contributed by atoms with Crippen LogP contribution in [0.25, 0.3) is 0 Å². The van der Waals surface area contributed by atoms with Crippen LogP contribution in [0.15, 0.2) is 4.52 Å². The maximum Gasteiger partial charge on any atom is 0.234 e. The summed E-state index contributed by atoms with van der Waals surface area (Å²) in [6.07, 6.45) is 2.95. The molecule has 1 aliphatic rings. The summed E-state index contributed by atoms with van der Waals surface area (Å²) >= 11 is 0. The van der Waals surface area contributed by atoms with Crippen molar-refractivity contribution in [1.82, 2.24) is 20.3 Å². The maximum atomic E-state index is 12.0. The molecule has 0 unspecified atom stereocenters. The molecule has 1 saturated heterocycles. The van der Waals surface area contributed by atoms with Crippen LogP contribution in [0.2, 0.25) is 0 Å². The topological polar surface area (TPSA) is 61.6 Å². The van der Waals surface area contributed by atoms with Gasteiger partial charge in [-0.25, -0.2) is 0 Å². The van der Waals surface area contributed by atoms with E-state index in [1.54, 1.807) is 0 Å². The first kappa shape index (κ1) is 17.0. The Hall–Kier alpha value is -1.40. The van der Waals surface area contributed by atoms with Crippen molar-refractivity contribution in [2.75, 3.05) is 40.3 Å². The second-order valence-electron chi connectivity index (χ2n) is 6.40. The molecule has 2 heterocycles. The number of likely N-dealkylation sites (N-methyl/N-ethyl adjacent to an activating group) is 1. The van der Waals surface area contributed by atoms with Crippen molar-refractivity contribution in [3.05, 3.63) is 17.0 Å². The zero-order valence-electron chi connectivity index (χ0n) is 14.2. The first-order chi connectivity index (χ1) is 10.5. The molecule has 0 bridgehead atoms. The molecule has 1 aliphatic heterocycles. The molecule has 0 aromatic carbocycles. The van der Waals surface area contributed by atoms with Crippen molar-refractivity contribution in [2.45, 2.75) is 39.2 Å². The minimum absolute atomic E-state index is 0.123. The predicted molar refractivity (Wildman–Crippen MR) is 85.8 cm³/mol. The van der Waals surface area contributed by atoms with Crippen LogP contribution in [-0.2, 0) is 11.2 Å². The second kappa shape index (κ2) is 7.74. The largest absolute Gasteiger partial charge is 0.361 e. The molecule has 0 spiro atoms. The van der Waals surface area contributed by atoms with E-state index >= 15 is 0 Å². The van der Waals surface area contributed by atoms with Crippen LogP contribution < -0.4 is 5.32 Å². The Balaban J connectivity index is 1.62. The van der Waals surface area contributed by atoms with E-state index in [9.17, 15) is 4.79 Å². The van der Waals surface area contributed by atoms with E-state index in [0.29, 0.717) is 19.1 Å². The van der Waals surface area contributed by atoms with Crippen LogP contribution in [0.5, 0.6) is 0 Å². The van der Waals surface area contributed by atoms with Gasteiger partial charge in [0, 0.05) is 31.2 Å². The van der Waals surface area contributed by atoms with E-state index in [1.807, 2.05) is 13.8 Å². The summed E-state index contributed by atoms with van der Waals surface area (Å²) in [4.78, 5) is 16.4. The van der Waals surface area contributed by atoms with Gasteiger partial charge >= 0.3 is 0 Å². The van der Waals surface area contributed by atoms with Crippen molar-refractivity contribution in [1.29, 1.82) is 0 Å². The lowest BCUT2D eigenvalue weighted by Crippen LogP contribution is -2.38. The molecule has 2 rings (SSSR count). The van der Waals surface area contributed by atoms with Gasteiger partial charge in [0.15, 0.2) is 0 Å². The van der Waals surface area contributed by atoms with Gasteiger partial charge in [-0.2, -0.15) is 0 Å². The summed E-state index contributed by atoms with van der Waals surface area (Å²) in [5.74, 6) is 1.01. The van der Waals surface area contributed by atoms with Crippen molar-refractivity contribution < 1.29 is 9.32 Å². The number of rotatable bonds is 7. The van der Waals surface area contributed by atoms with Crippen LogP contribution in [-0.4, -0.2) is 67.2 Å². The molecular formula is C16H28N4O2. The number of aromatic nitrogens is 1. The Morgan fingerprint density at radius 2 is 2.23 bits per heavy atom. The summed E-state index contributed by atoms with van der Waals surface area (Å²) < 4.78 is 5.14. The van der Waals surface area contributed by atoms with Gasteiger partial charge in [0.05, 0.1) is 12.2 Å². The van der Waals surface area contributed by atoms with Crippen molar-refractivity contribution >= 4 is 5.91 Å². The van der Waals surface area contributed by atoms with Crippen LogP contribution in [0.3, 0.4) is 0 Å². The molecule has 1 atom stereocenters. The van der Waals surface area contributed by atoms with Crippen LogP contribution in [0.1, 0.15) is 29.9 Å². The highest BCUT2D eigenvalue weighted by molar-refractivity contribution is 5.78. The average molecular weight is 308 g/mol. The van der Waals surface area contributed by atoms with E-state index < -0.39 is 0 Å². The molecule has 0 aliphatic carbocycles. The van der Waals surface area contributed by atoms with E-state index in [4.69, 9.17) is 4.52 Å². The number of amides is 1. The SMILES string of the molecule is Cc1noc(C)c1CCCNC(=O)CN1CC[C@H](N(C)C)C1. The zero-order chi connectivity index (χ0) is 16.1. The van der Waals surface area contributed by atoms with Gasteiger partial charge in [0.25, 0.3) is 0 Å². The molecule has 0 saturated carbocycles. The first-order valence-corrected chi connectivity index (χ1v) is 8.04. The maximum absolute atomic E-state index is 12.0. The molecule has 1 amide bonds. The molecule has 1 N–H and O–H groups in total. The summed E-state index contributed by atoms with van der Waals surface area (Å²) in [6.45, 7) is 7.10. The number of carbonyl (C=O) groups excluding carboxylic acids is 1. The van der Waals surface area contributed by atoms with E-state index in [1.165, 1.54) is 5.56 Å². The quantitative estimate of drug-likeness (QED) is 0.761. The van der Waals surface area contributed by atoms with Gasteiger partial charge in [-0.15, -0.1) is 0 Å². The standard InChI is InChI=1S/C16H28N4O2/c1-12-15(13(2)22-18-12)6-5-8-17-16(21)11-20-9-7-14(10-20)19(3)4/h14H,5-11H2,1-4H3,(H,17,21)/t14-/m0/s1. The number of likely N-dealkylation sites (tertiary alicyclic amines) is 1. The molecule has 1 aromatic rings. The lowest BCUT2D eigenvalue weighted by molar-refractivity contribution is -0.122. The number of carbonyl (C=O) groups is 1. The molecule has 22 heavy (non-hydrogen) atoms. The first-order valence-electron chi connectivity index (χ1n) is 8.04. The van der Waals surface area contributed by atoms with E-state index in [2.05, 4.69) is 34.4 Å². The molecule has 1 fully saturated rings. The van der Waals surface area contributed by atoms with Crippen LogP contribution in [0.4, 0.5) is 0 Å². The molecule has 1 aromatic heterocycles. The highest BCUT2D eigenvalue weighted by Gasteiger charge is 2.24. The van der Waals surface area contributed by atoms with Crippen molar-refractivity contribution in [3.63, 3.8) is 0 Å². The number of hydrogen-bond donors (Lipinski definition) is 1. The fourth-order valence-electron chi connectivity index (χ4n) is 2.99. The lowest BCUT2D eigenvalue weighted by atomic mass is 10.1. The Labute approximate surface area is 132 Å². The molecule has 6 nitrogen and oxygen atoms in total. The fourth-order valence-corrected chi connectivity index (χ4v) is 2.99. The van der Waals surface area contributed by atoms with Gasteiger partial charge in [0.2, 0.25) is 5.91 Å². The third-order valence-corrected chi connectivity index (χ3v) is 4.45. The zero-order valence-corrected chi connectivity index (χ0v) is 14.2. The highest BCUT2D eigenvalue weighted by atomic mass is 16.5. The second-order valence-corrected chi connectivity index (χ2v) is 6.40. The predicted octanol–water partition coefficient (Wildman–Crippen LogP) is 0.976. The minimum Gasteiger partial charge on any atom is -0.361 e. The summed E-state index contributed by atoms with van der Waals surface area (Å²) in [5, 5.41) is 6.96. The lowest BCUT2D eigenvalue weighted by Gasteiger charge is -2.20. The third kappa shape index (κ3) is 4.55. The monoisotopic (exact) mass is 308 g/mol. The van der Waals surface area contributed by atoms with Gasteiger partial charge in [-0.1, -0.05) is 5.16 Å². The number of nitrogens with zero attached hydrogens (tertiary/aromatic N) is 3. The smallest absolute Gasteiger partial charge is 0.234 e. The van der Waals surface area contributed by atoms with E-state index in [0.717, 1.165) is 43.8 Å². The van der Waals surface area contributed by atoms with Gasteiger partial charge in [-0.3, -0.25) is 9.69 Å². The molecule has 6 heteroatoms. The summed E-state index contributed by atoms with van der Waals surface area (Å²) in [6, 6.07) is 0.576. The van der Waals surface area contributed by atoms with E-state index in [-0.39, 0.29) is 5.91 Å². The molecule has 124 valence electrons.